The van der Waals surface area contributed by atoms with Gasteiger partial charge in [0.25, 0.3) is 0 Å². The molecule has 0 heterocycles. The number of carbonyl (C=O) groups excluding carboxylic acids is 1. The lowest BCUT2D eigenvalue weighted by atomic mass is 10.0. The van der Waals surface area contributed by atoms with Crippen molar-refractivity contribution in [3.8, 4) is 0 Å². The fourth-order valence-corrected chi connectivity index (χ4v) is 1.64. The first kappa shape index (κ1) is 9.72. The molecule has 1 aliphatic carbocycles. The molecule has 14 heavy (non-hydrogen) atoms. The van der Waals surface area contributed by atoms with Crippen LogP contribution in [0.1, 0.15) is 35.2 Å². The van der Waals surface area contributed by atoms with Crippen molar-refractivity contribution in [2.45, 2.75) is 26.2 Å². The monoisotopic (exact) mass is 208 g/mol. The largest absolute Gasteiger partial charge is 0.294 e. The standard InChI is InChI=1S/C12H13ClO/c1-8-6-10(4-5-11(8)13)12(14)7-9-2-3-9/h4-6,9H,2-3,7H2,1H3. The van der Waals surface area contributed by atoms with Crippen LogP contribution in [0.4, 0.5) is 0 Å². The van der Waals surface area contributed by atoms with Crippen LogP contribution < -0.4 is 0 Å². The topological polar surface area (TPSA) is 17.1 Å². The SMILES string of the molecule is Cc1cc(C(=O)CC2CC2)ccc1Cl. The van der Waals surface area contributed by atoms with E-state index in [0.717, 1.165) is 16.1 Å². The molecule has 1 saturated carbocycles. The highest BCUT2D eigenvalue weighted by molar-refractivity contribution is 6.31. The van der Waals surface area contributed by atoms with E-state index in [1.54, 1.807) is 6.07 Å². The second-order valence-electron chi connectivity index (χ2n) is 4.03. The fourth-order valence-electron chi connectivity index (χ4n) is 1.52. The summed E-state index contributed by atoms with van der Waals surface area (Å²) in [5.74, 6) is 0.908. The van der Waals surface area contributed by atoms with E-state index in [0.29, 0.717) is 12.3 Å². The van der Waals surface area contributed by atoms with Crippen molar-refractivity contribution in [2.24, 2.45) is 5.92 Å². The van der Waals surface area contributed by atoms with Crippen LogP contribution in [0, 0.1) is 12.8 Å². The normalized spacial score (nSPS) is 15.6. The Morgan fingerprint density at radius 3 is 2.79 bits per heavy atom. The maximum atomic E-state index is 11.7. The Bertz CT molecular complexity index is 367. The van der Waals surface area contributed by atoms with Crippen molar-refractivity contribution in [3.63, 3.8) is 0 Å². The van der Waals surface area contributed by atoms with Gasteiger partial charge in [-0.1, -0.05) is 11.6 Å². The van der Waals surface area contributed by atoms with Crippen LogP contribution in [-0.4, -0.2) is 5.78 Å². The van der Waals surface area contributed by atoms with E-state index in [1.165, 1.54) is 12.8 Å². The van der Waals surface area contributed by atoms with E-state index in [-0.39, 0.29) is 5.78 Å². The summed E-state index contributed by atoms with van der Waals surface area (Å²) >= 11 is 5.89. The van der Waals surface area contributed by atoms with Gasteiger partial charge in [0.15, 0.2) is 5.78 Å². The number of rotatable bonds is 3. The highest BCUT2D eigenvalue weighted by Gasteiger charge is 2.24. The van der Waals surface area contributed by atoms with Crippen LogP contribution in [0.5, 0.6) is 0 Å². The zero-order chi connectivity index (χ0) is 10.1. The molecule has 0 amide bonds. The minimum absolute atomic E-state index is 0.257. The number of aryl methyl sites for hydroxylation is 1. The summed E-state index contributed by atoms with van der Waals surface area (Å²) < 4.78 is 0. The molecule has 0 bridgehead atoms. The molecule has 0 aliphatic heterocycles. The zero-order valence-electron chi connectivity index (χ0n) is 8.22. The molecule has 0 radical (unpaired) electrons. The summed E-state index contributed by atoms with van der Waals surface area (Å²) in [4.78, 5) is 11.7. The average molecular weight is 209 g/mol. The molecule has 2 heteroatoms. The number of hydrogen-bond acceptors (Lipinski definition) is 1. The van der Waals surface area contributed by atoms with Gasteiger partial charge in [0, 0.05) is 17.0 Å². The van der Waals surface area contributed by atoms with Crippen molar-refractivity contribution in [3.05, 3.63) is 34.3 Å². The van der Waals surface area contributed by atoms with E-state index in [1.807, 2.05) is 19.1 Å². The maximum Gasteiger partial charge on any atom is 0.163 e. The number of halogens is 1. The molecule has 0 spiro atoms. The Labute approximate surface area is 89.1 Å². The third-order valence-electron chi connectivity index (χ3n) is 2.65. The number of hydrogen-bond donors (Lipinski definition) is 0. The van der Waals surface area contributed by atoms with Gasteiger partial charge in [-0.25, -0.2) is 0 Å². The molecular formula is C12H13ClO. The van der Waals surface area contributed by atoms with Gasteiger partial charge in [0.05, 0.1) is 0 Å². The quantitative estimate of drug-likeness (QED) is 0.694. The molecule has 1 aromatic rings. The molecule has 0 atom stereocenters. The number of carbonyl (C=O) groups is 1. The Balaban J connectivity index is 2.14. The van der Waals surface area contributed by atoms with Crippen LogP contribution >= 0.6 is 11.6 Å². The van der Waals surface area contributed by atoms with Crippen molar-refractivity contribution < 1.29 is 4.79 Å². The van der Waals surface area contributed by atoms with Crippen molar-refractivity contribution in [2.75, 3.05) is 0 Å². The predicted molar refractivity (Wildman–Crippen MR) is 57.9 cm³/mol. The van der Waals surface area contributed by atoms with Crippen LogP contribution in [0.15, 0.2) is 18.2 Å². The number of ketones is 1. The molecule has 1 aromatic carbocycles. The van der Waals surface area contributed by atoms with Gasteiger partial charge < -0.3 is 0 Å². The molecule has 0 saturated heterocycles. The lowest BCUT2D eigenvalue weighted by molar-refractivity contribution is 0.0976. The van der Waals surface area contributed by atoms with Gasteiger partial charge in [-0.2, -0.15) is 0 Å². The van der Waals surface area contributed by atoms with Gasteiger partial charge in [-0.05, 0) is 49.4 Å². The summed E-state index contributed by atoms with van der Waals surface area (Å²) in [5, 5.41) is 0.730. The second kappa shape index (κ2) is 3.74. The van der Waals surface area contributed by atoms with E-state index in [2.05, 4.69) is 0 Å². The van der Waals surface area contributed by atoms with Crippen molar-refractivity contribution >= 4 is 17.4 Å². The molecule has 1 nitrogen and oxygen atoms in total. The third kappa shape index (κ3) is 2.16. The summed E-state index contributed by atoms with van der Waals surface area (Å²) in [5.41, 5.74) is 1.78. The average Bonchev–Trinajstić information content (AvgIpc) is 2.93. The third-order valence-corrected chi connectivity index (χ3v) is 3.07. The summed E-state index contributed by atoms with van der Waals surface area (Å²) in [7, 11) is 0. The van der Waals surface area contributed by atoms with Crippen LogP contribution in [-0.2, 0) is 0 Å². The van der Waals surface area contributed by atoms with Gasteiger partial charge in [0.1, 0.15) is 0 Å². The minimum atomic E-state index is 0.257. The number of Topliss-reactive ketones (excluding diaryl/α,β-unsaturated/α-hetero) is 1. The van der Waals surface area contributed by atoms with Crippen LogP contribution in [0.3, 0.4) is 0 Å². The smallest absolute Gasteiger partial charge is 0.163 e. The lowest BCUT2D eigenvalue weighted by Gasteiger charge is -2.02. The van der Waals surface area contributed by atoms with Gasteiger partial charge >= 0.3 is 0 Å². The van der Waals surface area contributed by atoms with Crippen LogP contribution in [0.2, 0.25) is 5.02 Å². The highest BCUT2D eigenvalue weighted by Crippen LogP contribution is 2.33. The first-order valence-corrected chi connectivity index (χ1v) is 5.34. The first-order chi connectivity index (χ1) is 6.66. The molecule has 1 fully saturated rings. The summed E-state index contributed by atoms with van der Waals surface area (Å²) in [6.07, 6.45) is 3.15. The molecular weight excluding hydrogens is 196 g/mol. The molecule has 0 N–H and O–H groups in total. The van der Waals surface area contributed by atoms with E-state index in [4.69, 9.17) is 11.6 Å². The van der Waals surface area contributed by atoms with Gasteiger partial charge in [-0.3, -0.25) is 4.79 Å². The summed E-state index contributed by atoms with van der Waals surface area (Å²) in [6.45, 7) is 1.93. The lowest BCUT2D eigenvalue weighted by Crippen LogP contribution is -2.00. The fraction of sp³-hybridized carbons (Fsp3) is 0.417. The van der Waals surface area contributed by atoms with Gasteiger partial charge in [0.2, 0.25) is 0 Å². The first-order valence-electron chi connectivity index (χ1n) is 4.96. The molecule has 2 rings (SSSR count). The predicted octanol–water partition coefficient (Wildman–Crippen LogP) is 3.63. The molecule has 0 unspecified atom stereocenters. The molecule has 1 aliphatic rings. The molecule has 0 aromatic heterocycles. The summed E-state index contributed by atoms with van der Waals surface area (Å²) in [6, 6.07) is 5.50. The molecule has 74 valence electrons. The van der Waals surface area contributed by atoms with E-state index < -0.39 is 0 Å². The minimum Gasteiger partial charge on any atom is -0.294 e. The maximum absolute atomic E-state index is 11.7. The van der Waals surface area contributed by atoms with Crippen LogP contribution in [0.25, 0.3) is 0 Å². The number of benzene rings is 1. The Morgan fingerprint density at radius 1 is 1.50 bits per heavy atom. The Kier molecular flexibility index (Phi) is 2.60. The van der Waals surface area contributed by atoms with Crippen molar-refractivity contribution in [1.82, 2.24) is 0 Å². The Morgan fingerprint density at radius 2 is 2.21 bits per heavy atom. The Hall–Kier alpha value is -0.820. The second-order valence-corrected chi connectivity index (χ2v) is 4.44. The zero-order valence-corrected chi connectivity index (χ0v) is 8.97. The van der Waals surface area contributed by atoms with Crippen molar-refractivity contribution in [1.29, 1.82) is 0 Å². The van der Waals surface area contributed by atoms with E-state index >= 15 is 0 Å². The highest BCUT2D eigenvalue weighted by atomic mass is 35.5. The van der Waals surface area contributed by atoms with Gasteiger partial charge in [-0.15, -0.1) is 0 Å². The van der Waals surface area contributed by atoms with E-state index in [9.17, 15) is 4.79 Å².